The number of anilines is 2. The number of carboxylic acids is 1. The second kappa shape index (κ2) is 5.65. The molecular weight excluding hydrogens is 311 g/mol. The van der Waals surface area contributed by atoms with Gasteiger partial charge in [-0.1, -0.05) is 34.8 Å². The van der Waals surface area contributed by atoms with Crippen molar-refractivity contribution in [1.29, 1.82) is 0 Å². The van der Waals surface area contributed by atoms with Gasteiger partial charge in [-0.05, 0) is 24.3 Å². The number of carbonyl (C=O) groups is 1. The van der Waals surface area contributed by atoms with Crippen LogP contribution in [0.15, 0.2) is 30.5 Å². The van der Waals surface area contributed by atoms with E-state index in [1.807, 2.05) is 0 Å². The van der Waals surface area contributed by atoms with Gasteiger partial charge in [0, 0.05) is 0 Å². The van der Waals surface area contributed by atoms with Crippen molar-refractivity contribution in [1.82, 2.24) is 4.98 Å². The van der Waals surface area contributed by atoms with Crippen molar-refractivity contribution in [2.45, 2.75) is 0 Å². The fourth-order valence-electron chi connectivity index (χ4n) is 1.37. The fraction of sp³-hybridized carbons (Fsp3) is 0. The van der Waals surface area contributed by atoms with E-state index in [9.17, 15) is 4.79 Å². The minimum Gasteiger partial charge on any atom is -0.477 e. The van der Waals surface area contributed by atoms with Gasteiger partial charge in [0.15, 0.2) is 0 Å². The van der Waals surface area contributed by atoms with E-state index in [4.69, 9.17) is 39.9 Å². The van der Waals surface area contributed by atoms with Crippen LogP contribution in [-0.4, -0.2) is 16.1 Å². The van der Waals surface area contributed by atoms with Crippen LogP contribution in [0.2, 0.25) is 15.1 Å². The molecule has 2 rings (SSSR count). The summed E-state index contributed by atoms with van der Waals surface area (Å²) in [6.45, 7) is 0. The molecule has 0 unspecified atom stereocenters. The molecule has 0 saturated heterocycles. The number of carboxylic acid groups (broad SMARTS) is 1. The summed E-state index contributed by atoms with van der Waals surface area (Å²) in [5, 5.41) is 12.8. The molecule has 0 saturated carbocycles. The molecule has 0 spiro atoms. The number of halogens is 3. The standard InChI is InChI=1S/C12H7Cl3N2O2/c13-7-3-9(15)11(4-8(7)14)17-6-1-2-10(12(18)19)16-5-6/h1-5,17H,(H,18,19). The van der Waals surface area contributed by atoms with Crippen molar-refractivity contribution in [3.8, 4) is 0 Å². The van der Waals surface area contributed by atoms with E-state index in [1.165, 1.54) is 18.3 Å². The van der Waals surface area contributed by atoms with Crippen LogP contribution in [0.5, 0.6) is 0 Å². The van der Waals surface area contributed by atoms with Crippen molar-refractivity contribution >= 4 is 52.1 Å². The van der Waals surface area contributed by atoms with E-state index in [0.29, 0.717) is 26.4 Å². The molecule has 0 aliphatic heterocycles. The largest absolute Gasteiger partial charge is 0.477 e. The van der Waals surface area contributed by atoms with Gasteiger partial charge in [0.1, 0.15) is 5.69 Å². The molecule has 1 aromatic heterocycles. The molecule has 0 fully saturated rings. The summed E-state index contributed by atoms with van der Waals surface area (Å²) in [6, 6.07) is 6.07. The molecule has 98 valence electrons. The zero-order chi connectivity index (χ0) is 14.0. The third-order valence-electron chi connectivity index (χ3n) is 2.27. The van der Waals surface area contributed by atoms with Gasteiger partial charge >= 0.3 is 5.97 Å². The Morgan fingerprint density at radius 3 is 2.37 bits per heavy atom. The van der Waals surface area contributed by atoms with E-state index in [-0.39, 0.29) is 5.69 Å². The van der Waals surface area contributed by atoms with Crippen LogP contribution in [0.1, 0.15) is 10.5 Å². The Kier molecular flexibility index (Phi) is 4.14. The second-order valence-corrected chi connectivity index (χ2v) is 4.83. The predicted octanol–water partition coefficient (Wildman–Crippen LogP) is 4.48. The first-order chi connectivity index (χ1) is 8.97. The Balaban J connectivity index is 2.26. The van der Waals surface area contributed by atoms with Crippen LogP contribution in [0.25, 0.3) is 0 Å². The smallest absolute Gasteiger partial charge is 0.354 e. The number of aromatic carboxylic acids is 1. The number of rotatable bonds is 3. The van der Waals surface area contributed by atoms with Crippen LogP contribution in [0.3, 0.4) is 0 Å². The van der Waals surface area contributed by atoms with E-state index in [2.05, 4.69) is 10.3 Å². The first-order valence-electron chi connectivity index (χ1n) is 5.08. The van der Waals surface area contributed by atoms with Crippen LogP contribution in [-0.2, 0) is 0 Å². The monoisotopic (exact) mass is 316 g/mol. The lowest BCUT2D eigenvalue weighted by Gasteiger charge is -2.09. The predicted molar refractivity (Wildman–Crippen MR) is 76.0 cm³/mol. The Hall–Kier alpha value is -1.49. The van der Waals surface area contributed by atoms with Crippen molar-refractivity contribution in [2.24, 2.45) is 0 Å². The summed E-state index contributed by atoms with van der Waals surface area (Å²) in [6.07, 6.45) is 1.39. The average molecular weight is 318 g/mol. The molecular formula is C12H7Cl3N2O2. The summed E-state index contributed by atoms with van der Waals surface area (Å²) >= 11 is 17.7. The summed E-state index contributed by atoms with van der Waals surface area (Å²) in [5.74, 6) is -1.08. The molecule has 0 amide bonds. The third-order valence-corrected chi connectivity index (χ3v) is 3.31. The van der Waals surface area contributed by atoms with Gasteiger partial charge in [0.2, 0.25) is 0 Å². The minimum absolute atomic E-state index is 0.0363. The molecule has 0 aliphatic rings. The maximum atomic E-state index is 10.7. The normalized spacial score (nSPS) is 10.3. The fourth-order valence-corrected chi connectivity index (χ4v) is 1.96. The molecule has 2 N–H and O–H groups in total. The molecule has 19 heavy (non-hydrogen) atoms. The van der Waals surface area contributed by atoms with Crippen LogP contribution in [0.4, 0.5) is 11.4 Å². The maximum Gasteiger partial charge on any atom is 0.354 e. The van der Waals surface area contributed by atoms with Crippen molar-refractivity contribution in [2.75, 3.05) is 5.32 Å². The van der Waals surface area contributed by atoms with E-state index < -0.39 is 5.97 Å². The first-order valence-corrected chi connectivity index (χ1v) is 6.21. The molecule has 0 aliphatic carbocycles. The Morgan fingerprint density at radius 2 is 1.79 bits per heavy atom. The summed E-state index contributed by atoms with van der Waals surface area (Å²) in [5.41, 5.74) is 1.11. The number of pyridine rings is 1. The van der Waals surface area contributed by atoms with Gasteiger partial charge in [0.05, 0.1) is 32.6 Å². The topological polar surface area (TPSA) is 62.2 Å². The zero-order valence-electron chi connectivity index (χ0n) is 9.32. The Labute approximate surface area is 123 Å². The van der Waals surface area contributed by atoms with Gasteiger partial charge in [-0.15, -0.1) is 0 Å². The molecule has 1 aromatic carbocycles. The van der Waals surface area contributed by atoms with Gasteiger partial charge in [-0.2, -0.15) is 0 Å². The van der Waals surface area contributed by atoms with Gasteiger partial charge < -0.3 is 10.4 Å². The zero-order valence-corrected chi connectivity index (χ0v) is 11.6. The van der Waals surface area contributed by atoms with E-state index >= 15 is 0 Å². The lowest BCUT2D eigenvalue weighted by atomic mass is 10.3. The van der Waals surface area contributed by atoms with Gasteiger partial charge in [0.25, 0.3) is 0 Å². The molecule has 4 nitrogen and oxygen atoms in total. The van der Waals surface area contributed by atoms with Gasteiger partial charge in [-0.3, -0.25) is 0 Å². The number of hydrogen-bond donors (Lipinski definition) is 2. The number of aromatic nitrogens is 1. The third kappa shape index (κ3) is 3.29. The molecule has 7 heteroatoms. The van der Waals surface area contributed by atoms with E-state index in [0.717, 1.165) is 0 Å². The molecule has 0 radical (unpaired) electrons. The van der Waals surface area contributed by atoms with Crippen LogP contribution in [0, 0.1) is 0 Å². The molecule has 2 aromatic rings. The number of hydrogen-bond acceptors (Lipinski definition) is 3. The van der Waals surface area contributed by atoms with Crippen molar-refractivity contribution < 1.29 is 9.90 Å². The second-order valence-electron chi connectivity index (χ2n) is 3.61. The van der Waals surface area contributed by atoms with E-state index in [1.54, 1.807) is 12.1 Å². The van der Waals surface area contributed by atoms with Crippen LogP contribution >= 0.6 is 34.8 Å². The average Bonchev–Trinajstić information content (AvgIpc) is 2.36. The lowest BCUT2D eigenvalue weighted by molar-refractivity contribution is 0.0690. The lowest BCUT2D eigenvalue weighted by Crippen LogP contribution is -2.00. The Bertz CT molecular complexity index is 630. The summed E-state index contributed by atoms with van der Waals surface area (Å²) in [4.78, 5) is 14.5. The minimum atomic E-state index is -1.08. The summed E-state index contributed by atoms with van der Waals surface area (Å²) < 4.78 is 0. The SMILES string of the molecule is O=C(O)c1ccc(Nc2cc(Cl)c(Cl)cc2Cl)cn1. The summed E-state index contributed by atoms with van der Waals surface area (Å²) in [7, 11) is 0. The molecule has 0 bridgehead atoms. The van der Waals surface area contributed by atoms with Gasteiger partial charge in [-0.25, -0.2) is 9.78 Å². The highest BCUT2D eigenvalue weighted by molar-refractivity contribution is 6.44. The number of nitrogens with one attached hydrogen (secondary N) is 1. The highest BCUT2D eigenvalue weighted by Gasteiger charge is 2.08. The van der Waals surface area contributed by atoms with Crippen molar-refractivity contribution in [3.63, 3.8) is 0 Å². The highest BCUT2D eigenvalue weighted by atomic mass is 35.5. The first kappa shape index (κ1) is 13.9. The van der Waals surface area contributed by atoms with Crippen LogP contribution < -0.4 is 5.32 Å². The highest BCUT2D eigenvalue weighted by Crippen LogP contribution is 2.33. The number of nitrogens with zero attached hydrogens (tertiary/aromatic N) is 1. The van der Waals surface area contributed by atoms with Crippen molar-refractivity contribution in [3.05, 3.63) is 51.2 Å². The molecule has 1 heterocycles. The quantitative estimate of drug-likeness (QED) is 0.819. The molecule has 0 atom stereocenters. The Morgan fingerprint density at radius 1 is 1.11 bits per heavy atom. The number of benzene rings is 1. The maximum absolute atomic E-state index is 10.7.